The first-order chi connectivity index (χ1) is 14.0. The Morgan fingerprint density at radius 3 is 2.86 bits per heavy atom. The lowest BCUT2D eigenvalue weighted by Crippen LogP contribution is -2.46. The molecule has 0 radical (unpaired) electrons. The van der Waals surface area contributed by atoms with Gasteiger partial charge in [-0.3, -0.25) is 4.79 Å². The maximum atomic E-state index is 12.5. The molecule has 29 heavy (non-hydrogen) atoms. The fraction of sp³-hybridized carbons (Fsp3) is 0.526. The monoisotopic (exact) mass is 399 g/mol. The third kappa shape index (κ3) is 6.99. The summed E-state index contributed by atoms with van der Waals surface area (Å²) in [6, 6.07) is 9.69. The highest BCUT2D eigenvalue weighted by atomic mass is 16.5. The number of rotatable bonds is 9. The van der Waals surface area contributed by atoms with Crippen molar-refractivity contribution in [3.63, 3.8) is 0 Å². The predicted octanol–water partition coefficient (Wildman–Crippen LogP) is 2.21. The number of alkyl carbamates (subject to hydrolysis) is 1. The van der Waals surface area contributed by atoms with E-state index in [0.29, 0.717) is 32.2 Å². The summed E-state index contributed by atoms with van der Waals surface area (Å²) >= 11 is 0. The van der Waals surface area contributed by atoms with E-state index >= 15 is 0 Å². The van der Waals surface area contributed by atoms with Gasteiger partial charge in [0, 0.05) is 18.0 Å². The van der Waals surface area contributed by atoms with Gasteiger partial charge in [0.15, 0.2) is 0 Å². The largest absolute Gasteiger partial charge is 0.445 e. The van der Waals surface area contributed by atoms with Gasteiger partial charge in [-0.1, -0.05) is 35.4 Å². The summed E-state index contributed by atoms with van der Waals surface area (Å²) in [5.41, 5.74) is 15.4. The third-order valence-corrected chi connectivity index (χ3v) is 4.67. The molecule has 1 aromatic rings. The first-order valence-electron chi connectivity index (χ1n) is 9.49. The molecule has 0 unspecified atom stereocenters. The van der Waals surface area contributed by atoms with Crippen LogP contribution in [-0.2, 0) is 16.1 Å². The number of ether oxygens (including phenoxy) is 1. The number of nitrogens with zero attached hydrogens (tertiary/aromatic N) is 5. The van der Waals surface area contributed by atoms with E-state index in [9.17, 15) is 14.9 Å². The van der Waals surface area contributed by atoms with E-state index in [0.717, 1.165) is 5.56 Å². The Labute approximate surface area is 169 Å². The van der Waals surface area contributed by atoms with Crippen LogP contribution in [0.15, 0.2) is 35.4 Å². The molecule has 154 valence electrons. The molecule has 0 bridgehead atoms. The SMILES string of the molecule is N#C[C@@H]1C[C@H](N=[N+]=[N-])CN1C(=O)[C@@H](N)CCCCNC(=O)OCc1ccccc1. The molecule has 2 amide bonds. The van der Waals surface area contributed by atoms with Crippen LogP contribution < -0.4 is 11.1 Å². The van der Waals surface area contributed by atoms with Gasteiger partial charge in [0.05, 0.1) is 18.2 Å². The third-order valence-electron chi connectivity index (χ3n) is 4.67. The maximum absolute atomic E-state index is 12.5. The van der Waals surface area contributed by atoms with Gasteiger partial charge in [0.2, 0.25) is 5.91 Å². The molecule has 1 aliphatic heterocycles. The molecule has 0 aromatic heterocycles. The van der Waals surface area contributed by atoms with E-state index in [-0.39, 0.29) is 19.1 Å². The van der Waals surface area contributed by atoms with Crippen molar-refractivity contribution in [2.45, 2.75) is 50.4 Å². The Balaban J connectivity index is 1.63. The molecule has 1 heterocycles. The molecule has 1 aliphatic rings. The van der Waals surface area contributed by atoms with E-state index in [4.69, 9.17) is 16.0 Å². The van der Waals surface area contributed by atoms with Crippen LogP contribution in [-0.4, -0.2) is 48.1 Å². The zero-order chi connectivity index (χ0) is 21.1. The molecule has 1 fully saturated rings. The summed E-state index contributed by atoms with van der Waals surface area (Å²) in [5.74, 6) is -0.317. The van der Waals surface area contributed by atoms with E-state index in [1.807, 2.05) is 30.3 Å². The van der Waals surface area contributed by atoms with E-state index in [2.05, 4.69) is 21.4 Å². The number of nitrogens with one attached hydrogen (secondary N) is 1. The Hall–Kier alpha value is -3.28. The second-order valence-electron chi connectivity index (χ2n) is 6.82. The van der Waals surface area contributed by atoms with Crippen molar-refractivity contribution >= 4 is 12.0 Å². The van der Waals surface area contributed by atoms with Crippen LogP contribution >= 0.6 is 0 Å². The summed E-state index contributed by atoms with van der Waals surface area (Å²) in [7, 11) is 0. The standard InChI is InChI=1S/C19H25N7O3/c20-11-16-10-15(24-25-22)12-26(16)18(27)17(21)8-4-5-9-23-19(28)29-13-14-6-2-1-3-7-14/h1-3,6-7,15-17H,4-5,8-10,12-13,21H2,(H,23,28)/t15-,16-,17-/m0/s1. The van der Waals surface area contributed by atoms with Crippen molar-refractivity contribution < 1.29 is 14.3 Å². The number of hydrogen-bond acceptors (Lipinski definition) is 6. The van der Waals surface area contributed by atoms with Gasteiger partial charge in [0.1, 0.15) is 12.6 Å². The molecule has 3 N–H and O–H groups in total. The average molecular weight is 399 g/mol. The smallest absolute Gasteiger partial charge is 0.407 e. The van der Waals surface area contributed by atoms with Gasteiger partial charge < -0.3 is 20.7 Å². The van der Waals surface area contributed by atoms with Gasteiger partial charge >= 0.3 is 6.09 Å². The van der Waals surface area contributed by atoms with E-state index in [1.165, 1.54) is 4.90 Å². The van der Waals surface area contributed by atoms with Crippen molar-refractivity contribution in [3.8, 4) is 6.07 Å². The van der Waals surface area contributed by atoms with Crippen LogP contribution in [0.2, 0.25) is 0 Å². The maximum Gasteiger partial charge on any atom is 0.407 e. The Kier molecular flexibility index (Phi) is 8.76. The van der Waals surface area contributed by atoms with Gasteiger partial charge in [0.25, 0.3) is 0 Å². The normalized spacial score (nSPS) is 19.0. The Morgan fingerprint density at radius 2 is 2.17 bits per heavy atom. The van der Waals surface area contributed by atoms with Crippen molar-refractivity contribution in [1.82, 2.24) is 10.2 Å². The first kappa shape index (κ1) is 22.0. The Morgan fingerprint density at radius 1 is 1.41 bits per heavy atom. The van der Waals surface area contributed by atoms with Crippen molar-refractivity contribution in [3.05, 3.63) is 46.3 Å². The average Bonchev–Trinajstić information content (AvgIpc) is 3.15. The van der Waals surface area contributed by atoms with Crippen LogP contribution in [0.1, 0.15) is 31.2 Å². The summed E-state index contributed by atoms with van der Waals surface area (Å²) in [6.07, 6.45) is 1.54. The van der Waals surface area contributed by atoms with Gasteiger partial charge in [-0.05, 0) is 36.8 Å². The number of benzene rings is 1. The second-order valence-corrected chi connectivity index (χ2v) is 6.82. The fourth-order valence-electron chi connectivity index (χ4n) is 3.13. The number of unbranched alkanes of at least 4 members (excludes halogenated alkanes) is 1. The Bertz CT molecular complexity index is 774. The summed E-state index contributed by atoms with van der Waals surface area (Å²) in [4.78, 5) is 28.3. The lowest BCUT2D eigenvalue weighted by atomic mass is 10.1. The number of nitriles is 1. The summed E-state index contributed by atoms with van der Waals surface area (Å²) in [6.45, 7) is 0.834. The molecule has 10 nitrogen and oxygen atoms in total. The lowest BCUT2D eigenvalue weighted by Gasteiger charge is -2.23. The molecule has 1 saturated heterocycles. The van der Waals surface area contributed by atoms with Crippen molar-refractivity contribution in [2.75, 3.05) is 13.1 Å². The minimum absolute atomic E-state index is 0.207. The molecular formula is C19H25N7O3. The molecule has 0 aliphatic carbocycles. The minimum Gasteiger partial charge on any atom is -0.445 e. The van der Waals surface area contributed by atoms with Crippen molar-refractivity contribution in [1.29, 1.82) is 5.26 Å². The predicted molar refractivity (Wildman–Crippen MR) is 105 cm³/mol. The quantitative estimate of drug-likeness (QED) is 0.281. The van der Waals surface area contributed by atoms with E-state index in [1.54, 1.807) is 0 Å². The van der Waals surface area contributed by atoms with Crippen LogP contribution in [0.3, 0.4) is 0 Å². The molecule has 0 saturated carbocycles. The van der Waals surface area contributed by atoms with Crippen LogP contribution in [0, 0.1) is 11.3 Å². The molecular weight excluding hydrogens is 374 g/mol. The number of azide groups is 1. The highest BCUT2D eigenvalue weighted by Gasteiger charge is 2.36. The summed E-state index contributed by atoms with van der Waals surface area (Å²) in [5, 5.41) is 15.5. The number of hydrogen-bond donors (Lipinski definition) is 2. The lowest BCUT2D eigenvalue weighted by molar-refractivity contribution is -0.132. The number of carbonyl (C=O) groups excluding carboxylic acids is 2. The molecule has 3 atom stereocenters. The summed E-state index contributed by atoms with van der Waals surface area (Å²) < 4.78 is 5.12. The zero-order valence-corrected chi connectivity index (χ0v) is 16.1. The first-order valence-corrected chi connectivity index (χ1v) is 9.49. The number of carbonyl (C=O) groups is 2. The number of amides is 2. The van der Waals surface area contributed by atoms with Gasteiger partial charge in [-0.25, -0.2) is 4.79 Å². The highest BCUT2D eigenvalue weighted by Crippen LogP contribution is 2.21. The van der Waals surface area contributed by atoms with Crippen molar-refractivity contribution in [2.24, 2.45) is 10.8 Å². The van der Waals surface area contributed by atoms with E-state index < -0.39 is 24.2 Å². The molecule has 2 rings (SSSR count). The molecule has 1 aromatic carbocycles. The minimum atomic E-state index is -0.735. The van der Waals surface area contributed by atoms with Crippen LogP contribution in [0.4, 0.5) is 4.79 Å². The van der Waals surface area contributed by atoms with Crippen LogP contribution in [0.5, 0.6) is 0 Å². The molecule has 10 heteroatoms. The number of nitrogens with two attached hydrogens (primary N) is 1. The fourth-order valence-corrected chi connectivity index (χ4v) is 3.13. The van der Waals surface area contributed by atoms with Crippen LogP contribution in [0.25, 0.3) is 10.4 Å². The topological polar surface area (TPSA) is 157 Å². The van der Waals surface area contributed by atoms with Gasteiger partial charge in [-0.2, -0.15) is 5.26 Å². The number of likely N-dealkylation sites (tertiary alicyclic amines) is 1. The molecule has 0 spiro atoms. The van der Waals surface area contributed by atoms with Gasteiger partial charge in [-0.15, -0.1) is 0 Å². The zero-order valence-electron chi connectivity index (χ0n) is 16.1. The second kappa shape index (κ2) is 11.5. The highest BCUT2D eigenvalue weighted by molar-refractivity contribution is 5.82.